The van der Waals surface area contributed by atoms with Crippen LogP contribution >= 0.6 is 0 Å². The third kappa shape index (κ3) is 2.85. The van der Waals surface area contributed by atoms with E-state index in [9.17, 15) is 19.2 Å². The molecule has 0 N–H and O–H groups in total. The average molecular weight is 316 g/mol. The Morgan fingerprint density at radius 1 is 1.09 bits per heavy atom. The first-order valence-electron chi connectivity index (χ1n) is 6.78. The van der Waals surface area contributed by atoms with Gasteiger partial charge in [0, 0.05) is 14.1 Å². The summed E-state index contributed by atoms with van der Waals surface area (Å²) in [6.45, 7) is 1.75. The first kappa shape index (κ1) is 16.4. The number of methoxy groups -OCH3 is 1. The monoisotopic (exact) mass is 316 g/mol. The number of urea groups is 1. The second kappa shape index (κ2) is 6.04. The highest BCUT2D eigenvalue weighted by atomic mass is 16.5. The summed E-state index contributed by atoms with van der Waals surface area (Å²) in [7, 11) is 3.88. The number of hydrogen-bond donors (Lipinski definition) is 0. The van der Waals surface area contributed by atoms with Gasteiger partial charge < -0.3 is 4.74 Å². The molecule has 1 saturated heterocycles. The fourth-order valence-electron chi connectivity index (χ4n) is 2.20. The summed E-state index contributed by atoms with van der Waals surface area (Å²) in [5, 5.41) is 0. The van der Waals surface area contributed by atoms with Gasteiger partial charge >= 0.3 is 12.0 Å². The zero-order valence-corrected chi connectivity index (χ0v) is 13.2. The van der Waals surface area contributed by atoms with Crippen LogP contribution in [0.25, 0.3) is 6.08 Å². The number of barbiturate groups is 1. The Morgan fingerprint density at radius 2 is 1.65 bits per heavy atom. The maximum absolute atomic E-state index is 12.1. The molecule has 120 valence electrons. The van der Waals surface area contributed by atoms with Crippen LogP contribution in [0.5, 0.6) is 0 Å². The Bertz CT molecular complexity index is 725. The van der Waals surface area contributed by atoms with Gasteiger partial charge in [-0.2, -0.15) is 0 Å². The van der Waals surface area contributed by atoms with Gasteiger partial charge in [-0.05, 0) is 30.2 Å². The molecule has 0 aliphatic carbocycles. The van der Waals surface area contributed by atoms with E-state index >= 15 is 0 Å². The third-order valence-electron chi connectivity index (χ3n) is 3.62. The van der Waals surface area contributed by atoms with Crippen LogP contribution < -0.4 is 0 Å². The number of likely N-dealkylation sites (N-methyl/N-ethyl adjacent to an activating group) is 2. The topological polar surface area (TPSA) is 84.0 Å². The van der Waals surface area contributed by atoms with E-state index < -0.39 is 23.8 Å². The number of benzene rings is 1. The predicted octanol–water partition coefficient (Wildman–Crippen LogP) is 1.22. The van der Waals surface area contributed by atoms with Gasteiger partial charge in [-0.25, -0.2) is 9.59 Å². The molecule has 0 atom stereocenters. The summed E-state index contributed by atoms with van der Waals surface area (Å²) in [5.41, 5.74) is 1.40. The molecule has 1 aromatic carbocycles. The maximum Gasteiger partial charge on any atom is 0.338 e. The van der Waals surface area contributed by atoms with Gasteiger partial charge in [0.15, 0.2) is 0 Å². The standard InChI is InChI=1S/C16H16N2O5/c1-9-5-6-10(7-11(9)15(21)23-4)8-12-13(19)17(2)16(22)18(3)14(12)20/h5-8H,1-4H3. The van der Waals surface area contributed by atoms with Gasteiger partial charge in [-0.3, -0.25) is 19.4 Å². The smallest absolute Gasteiger partial charge is 0.338 e. The molecule has 7 heteroatoms. The van der Waals surface area contributed by atoms with Gasteiger partial charge in [0.1, 0.15) is 5.57 Å². The molecule has 23 heavy (non-hydrogen) atoms. The summed E-state index contributed by atoms with van der Waals surface area (Å²) in [6, 6.07) is 4.21. The van der Waals surface area contributed by atoms with Crippen LogP contribution in [0.3, 0.4) is 0 Å². The van der Waals surface area contributed by atoms with Crippen LogP contribution in [0.15, 0.2) is 23.8 Å². The van der Waals surface area contributed by atoms with Crippen molar-refractivity contribution in [2.24, 2.45) is 0 Å². The number of aryl methyl sites for hydroxylation is 1. The van der Waals surface area contributed by atoms with Crippen LogP contribution in [0.4, 0.5) is 4.79 Å². The highest BCUT2D eigenvalue weighted by Gasteiger charge is 2.37. The third-order valence-corrected chi connectivity index (χ3v) is 3.62. The molecule has 1 heterocycles. The molecule has 4 amide bonds. The van der Waals surface area contributed by atoms with Gasteiger partial charge in [-0.15, -0.1) is 0 Å². The van der Waals surface area contributed by atoms with Gasteiger partial charge in [0.25, 0.3) is 11.8 Å². The molecule has 1 aliphatic heterocycles. The number of ether oxygens (including phenoxy) is 1. The highest BCUT2D eigenvalue weighted by Crippen LogP contribution is 2.20. The Hall–Kier alpha value is -2.96. The number of carbonyl (C=O) groups excluding carboxylic acids is 4. The molecule has 0 radical (unpaired) electrons. The van der Waals surface area contributed by atoms with Crippen molar-refractivity contribution in [1.82, 2.24) is 9.80 Å². The molecule has 0 spiro atoms. The number of esters is 1. The van der Waals surface area contributed by atoms with Crippen molar-refractivity contribution in [3.63, 3.8) is 0 Å². The van der Waals surface area contributed by atoms with Crippen molar-refractivity contribution in [3.8, 4) is 0 Å². The van der Waals surface area contributed by atoms with Crippen molar-refractivity contribution in [2.45, 2.75) is 6.92 Å². The van der Waals surface area contributed by atoms with E-state index in [0.29, 0.717) is 16.7 Å². The van der Waals surface area contributed by atoms with E-state index in [1.807, 2.05) is 0 Å². The minimum Gasteiger partial charge on any atom is -0.465 e. The van der Waals surface area contributed by atoms with E-state index in [0.717, 1.165) is 9.80 Å². The van der Waals surface area contributed by atoms with E-state index in [1.165, 1.54) is 33.3 Å². The minimum absolute atomic E-state index is 0.144. The number of rotatable bonds is 2. The number of hydrogen-bond acceptors (Lipinski definition) is 5. The fraction of sp³-hybridized carbons (Fsp3) is 0.250. The van der Waals surface area contributed by atoms with Crippen LogP contribution in [-0.4, -0.2) is 54.8 Å². The Balaban J connectivity index is 2.49. The molecule has 7 nitrogen and oxygen atoms in total. The lowest BCUT2D eigenvalue weighted by molar-refractivity contribution is -0.134. The Kier molecular flexibility index (Phi) is 4.31. The van der Waals surface area contributed by atoms with Crippen LogP contribution in [0.1, 0.15) is 21.5 Å². The van der Waals surface area contributed by atoms with Gasteiger partial charge in [-0.1, -0.05) is 12.1 Å². The van der Waals surface area contributed by atoms with Gasteiger partial charge in [0.2, 0.25) is 0 Å². The normalized spacial score (nSPS) is 15.1. The predicted molar refractivity (Wildman–Crippen MR) is 81.4 cm³/mol. The van der Waals surface area contributed by atoms with Crippen LogP contribution in [-0.2, 0) is 14.3 Å². The Labute approximate surface area is 133 Å². The summed E-state index contributed by atoms with van der Waals surface area (Å²) < 4.78 is 4.70. The number of nitrogens with zero attached hydrogens (tertiary/aromatic N) is 2. The van der Waals surface area contributed by atoms with Crippen molar-refractivity contribution in [3.05, 3.63) is 40.5 Å². The first-order chi connectivity index (χ1) is 10.8. The molecule has 0 unspecified atom stereocenters. The van der Waals surface area contributed by atoms with Crippen molar-refractivity contribution >= 4 is 29.9 Å². The second-order valence-electron chi connectivity index (χ2n) is 5.13. The van der Waals surface area contributed by atoms with Crippen LogP contribution in [0, 0.1) is 6.92 Å². The van der Waals surface area contributed by atoms with E-state index in [1.54, 1.807) is 19.1 Å². The lowest BCUT2D eigenvalue weighted by Gasteiger charge is -2.28. The van der Waals surface area contributed by atoms with E-state index in [-0.39, 0.29) is 5.57 Å². The Morgan fingerprint density at radius 3 is 2.17 bits per heavy atom. The molecule has 2 rings (SSSR count). The summed E-state index contributed by atoms with van der Waals surface area (Å²) >= 11 is 0. The average Bonchev–Trinajstić information content (AvgIpc) is 2.55. The molecule has 1 aromatic rings. The molecular formula is C16H16N2O5. The zero-order valence-electron chi connectivity index (χ0n) is 13.2. The summed E-state index contributed by atoms with van der Waals surface area (Å²) in [5.74, 6) is -1.87. The van der Waals surface area contributed by atoms with E-state index in [2.05, 4.69) is 0 Å². The second-order valence-corrected chi connectivity index (χ2v) is 5.13. The van der Waals surface area contributed by atoms with Crippen molar-refractivity contribution in [1.29, 1.82) is 0 Å². The number of amides is 4. The molecule has 0 bridgehead atoms. The highest BCUT2D eigenvalue weighted by molar-refractivity contribution is 6.30. The lowest BCUT2D eigenvalue weighted by Crippen LogP contribution is -2.52. The van der Waals surface area contributed by atoms with E-state index in [4.69, 9.17) is 4.74 Å². The molecule has 1 fully saturated rings. The first-order valence-corrected chi connectivity index (χ1v) is 6.78. The maximum atomic E-state index is 12.1. The minimum atomic E-state index is -0.684. The zero-order chi connectivity index (χ0) is 17.3. The quantitative estimate of drug-likeness (QED) is 0.465. The summed E-state index contributed by atoms with van der Waals surface area (Å²) in [6.07, 6.45) is 1.36. The van der Waals surface area contributed by atoms with Crippen molar-refractivity contribution in [2.75, 3.05) is 21.2 Å². The molecule has 1 aliphatic rings. The molecule has 0 saturated carbocycles. The van der Waals surface area contributed by atoms with Crippen molar-refractivity contribution < 1.29 is 23.9 Å². The SMILES string of the molecule is COC(=O)c1cc(C=C2C(=O)N(C)C(=O)N(C)C2=O)ccc1C. The summed E-state index contributed by atoms with van der Waals surface area (Å²) in [4.78, 5) is 49.4. The molecular weight excluding hydrogens is 300 g/mol. The lowest BCUT2D eigenvalue weighted by atomic mass is 10.0. The fourth-order valence-corrected chi connectivity index (χ4v) is 2.20. The number of carbonyl (C=O) groups is 4. The largest absolute Gasteiger partial charge is 0.465 e. The molecule has 0 aromatic heterocycles. The van der Waals surface area contributed by atoms with Gasteiger partial charge in [0.05, 0.1) is 12.7 Å². The number of imide groups is 2. The van der Waals surface area contributed by atoms with Crippen LogP contribution in [0.2, 0.25) is 0 Å².